The number of rotatable bonds is 15. The van der Waals surface area contributed by atoms with Crippen LogP contribution in [0.15, 0.2) is 69.8 Å². The third-order valence-corrected chi connectivity index (χ3v) is 6.76. The number of ether oxygens (including phenoxy) is 6. The lowest BCUT2D eigenvalue weighted by Gasteiger charge is -2.27. The van der Waals surface area contributed by atoms with E-state index in [-0.39, 0.29) is 28.1 Å². The van der Waals surface area contributed by atoms with Crippen LogP contribution < -0.4 is 5.73 Å². The van der Waals surface area contributed by atoms with Gasteiger partial charge >= 0.3 is 17.9 Å². The number of nitrogens with two attached hydrogens (primary N) is 1. The van der Waals surface area contributed by atoms with Gasteiger partial charge < -0.3 is 63.4 Å². The molecule has 0 spiro atoms. The fourth-order valence-corrected chi connectivity index (χ4v) is 4.48. The third-order valence-electron chi connectivity index (χ3n) is 6.76. The Morgan fingerprint density at radius 2 is 1.10 bits per heavy atom. The van der Waals surface area contributed by atoms with Crippen molar-refractivity contribution >= 4 is 45.8 Å². The number of para-hydroxylation sites is 3. The van der Waals surface area contributed by atoms with Gasteiger partial charge in [-0.3, -0.25) is 0 Å². The summed E-state index contributed by atoms with van der Waals surface area (Å²) >= 11 is 0. The lowest BCUT2D eigenvalue weighted by Crippen LogP contribution is -2.35. The number of aromatic carboxylic acids is 3. The summed E-state index contributed by atoms with van der Waals surface area (Å²) < 4.78 is 41.1. The number of carbonyl (C=O) groups is 3. The lowest BCUT2D eigenvalue weighted by molar-refractivity contribution is -0.365. The first-order chi connectivity index (χ1) is 28.1. The Morgan fingerprint density at radius 3 is 1.53 bits per heavy atom. The Hall–Kier alpha value is -5.63. The van der Waals surface area contributed by atoms with Crippen LogP contribution in [-0.2, 0) is 28.4 Å². The molecule has 6 N–H and O–H groups in total. The number of hydrogen-bond donors (Lipinski definition) is 5. The molecule has 3 aromatic carbocycles. The van der Waals surface area contributed by atoms with Gasteiger partial charge in [0.25, 0.3) is 12.4 Å². The van der Waals surface area contributed by atoms with Crippen molar-refractivity contribution in [3.63, 3.8) is 0 Å². The van der Waals surface area contributed by atoms with Crippen molar-refractivity contribution in [1.29, 1.82) is 0 Å². The zero-order chi connectivity index (χ0) is 45.0. The van der Waals surface area contributed by atoms with Crippen molar-refractivity contribution in [3.8, 4) is 5.75 Å². The summed E-state index contributed by atoms with van der Waals surface area (Å²) in [6.45, 7) is 22.1. The average Bonchev–Trinajstić information content (AvgIpc) is 3.84. The topological polar surface area (TPSA) is 266 Å². The number of hydrogen-bond acceptors (Lipinski definition) is 15. The van der Waals surface area contributed by atoms with Gasteiger partial charge in [-0.05, 0) is 77.9 Å². The maximum atomic E-state index is 10.7. The molecule has 0 aliphatic rings. The third kappa shape index (κ3) is 19.1. The molecule has 0 saturated carbocycles. The fourth-order valence-electron chi connectivity index (χ4n) is 4.48. The van der Waals surface area contributed by atoms with Gasteiger partial charge in [0.1, 0.15) is 27.7 Å². The second kappa shape index (κ2) is 29.6. The largest absolute Gasteiger partial charge is 0.505 e. The van der Waals surface area contributed by atoms with Gasteiger partial charge in [-0.1, -0.05) is 32.0 Å². The molecule has 18 nitrogen and oxygen atoms in total. The highest BCUT2D eigenvalue weighted by atomic mass is 16.9. The molecule has 0 atom stereocenters. The van der Waals surface area contributed by atoms with E-state index in [1.165, 1.54) is 36.7 Å². The number of nitrogens with zero attached hydrogens (tertiary/aromatic N) is 2. The Morgan fingerprint density at radius 1 is 0.678 bits per heavy atom. The van der Waals surface area contributed by atoms with Crippen LogP contribution in [-0.4, -0.2) is 100 Å². The maximum Gasteiger partial charge on any atom is 0.339 e. The van der Waals surface area contributed by atoms with Crippen LogP contribution in [0.25, 0.3) is 22.2 Å². The summed E-state index contributed by atoms with van der Waals surface area (Å²) in [4.78, 5) is 39.6. The number of aromatic nitrogens is 2. The van der Waals surface area contributed by atoms with E-state index in [0.717, 1.165) is 0 Å². The fraction of sp³-hybridized carbons (Fsp3) is 0.439. The van der Waals surface area contributed by atoms with Crippen molar-refractivity contribution in [3.05, 3.63) is 83.6 Å². The predicted octanol–water partition coefficient (Wildman–Crippen LogP) is 8.21. The van der Waals surface area contributed by atoms with Gasteiger partial charge in [0, 0.05) is 53.5 Å². The van der Waals surface area contributed by atoms with Crippen molar-refractivity contribution in [2.24, 2.45) is 0 Å². The number of aryl methyl sites for hydroxylation is 1. The standard InChI is InChI=1S/C9H7NO3.C8H5NO3.C8H18O3.C7H7NO3.C7H16O3.C2H6/c1-5-10-7-4-2-3-6(9(11)12)8(7)13-5;10-8(11)5-2-1-3-6-7(5)12-4-9-6;1-5-9-8(4,10-6-2)11-7-3;8-5-3-1-2-4(6(5)9)7(10)11;1-4-8-7(9-5-2)10-6-3;1-2/h2-4H,1H3,(H,11,12);1-4H,(H,10,11);5-7H2,1-4H3;1-3,9H,8H2,(H,10,11);7H,4-6H2,1-3H3;1-2H3. The van der Waals surface area contributed by atoms with Crippen LogP contribution in [0, 0.1) is 6.92 Å². The van der Waals surface area contributed by atoms with Gasteiger partial charge in [-0.15, -0.1) is 0 Å². The summed E-state index contributed by atoms with van der Waals surface area (Å²) in [5.74, 6) is -3.93. The molecule has 0 unspecified atom stereocenters. The van der Waals surface area contributed by atoms with Gasteiger partial charge in [-0.2, -0.15) is 0 Å². The zero-order valence-electron chi connectivity index (χ0n) is 35.3. The first-order valence-corrected chi connectivity index (χ1v) is 18.8. The Balaban J connectivity index is 0.000000707. The number of fused-ring (bicyclic) bond motifs is 2. The van der Waals surface area contributed by atoms with Crippen LogP contribution in [0.5, 0.6) is 5.75 Å². The number of oxazole rings is 2. The van der Waals surface area contributed by atoms with Crippen LogP contribution in [0.2, 0.25) is 0 Å². The van der Waals surface area contributed by atoms with Crippen LogP contribution >= 0.6 is 0 Å². The molecule has 18 heteroatoms. The quantitative estimate of drug-likeness (QED) is 0.0378. The monoisotopic (exact) mass is 833 g/mol. The summed E-state index contributed by atoms with van der Waals surface area (Å²) in [5.41, 5.74) is 7.25. The zero-order valence-corrected chi connectivity index (χ0v) is 35.3. The molecule has 0 fully saturated rings. The number of anilines is 1. The maximum absolute atomic E-state index is 10.7. The molecule has 0 radical (unpaired) electrons. The van der Waals surface area contributed by atoms with E-state index < -0.39 is 30.4 Å². The average molecular weight is 834 g/mol. The van der Waals surface area contributed by atoms with E-state index in [9.17, 15) is 14.4 Å². The predicted molar refractivity (Wildman–Crippen MR) is 219 cm³/mol. The van der Waals surface area contributed by atoms with Crippen molar-refractivity contribution in [1.82, 2.24) is 9.97 Å². The van der Waals surface area contributed by atoms with Crippen molar-refractivity contribution in [2.75, 3.05) is 45.4 Å². The lowest BCUT2D eigenvalue weighted by atomic mass is 10.2. The molecular formula is C41H59N3O15. The number of phenols is 1. The molecule has 59 heavy (non-hydrogen) atoms. The van der Waals surface area contributed by atoms with E-state index in [1.807, 2.05) is 55.4 Å². The van der Waals surface area contributed by atoms with E-state index in [2.05, 4.69) is 9.97 Å². The molecule has 328 valence electrons. The summed E-state index contributed by atoms with van der Waals surface area (Å²) in [6.07, 6.45) is 1.23. The van der Waals surface area contributed by atoms with Crippen molar-refractivity contribution < 1.29 is 72.1 Å². The van der Waals surface area contributed by atoms with E-state index >= 15 is 0 Å². The number of nitrogen functional groups attached to an aromatic ring is 1. The Kier molecular flexibility index (Phi) is 26.7. The minimum absolute atomic E-state index is 0.0740. The summed E-state index contributed by atoms with van der Waals surface area (Å²) in [5, 5.41) is 35.1. The highest BCUT2D eigenvalue weighted by Gasteiger charge is 2.24. The van der Waals surface area contributed by atoms with Gasteiger partial charge in [-0.25, -0.2) is 24.4 Å². The number of aromatic hydroxyl groups is 1. The van der Waals surface area contributed by atoms with Gasteiger partial charge in [0.2, 0.25) is 0 Å². The second-order valence-electron chi connectivity index (χ2n) is 10.9. The number of benzene rings is 3. The summed E-state index contributed by atoms with van der Waals surface area (Å²) in [6, 6.07) is 13.9. The minimum Gasteiger partial charge on any atom is -0.505 e. The minimum atomic E-state index is -1.19. The van der Waals surface area contributed by atoms with E-state index in [0.29, 0.717) is 67.7 Å². The van der Waals surface area contributed by atoms with Crippen LogP contribution in [0.4, 0.5) is 5.69 Å². The first-order valence-electron chi connectivity index (χ1n) is 18.8. The SMILES string of the molecule is CC.CCOC(C)(OCC)OCC.CCOC(OCC)OCC.Cc1nc2cccc(C(=O)O)c2o1.Nc1cccc(C(=O)O)c1O.O=C(O)c1cccc2ncoc12. The molecule has 0 aliphatic heterocycles. The molecule has 5 rings (SSSR count). The molecule has 2 aromatic heterocycles. The molecule has 0 bridgehead atoms. The van der Waals surface area contributed by atoms with E-state index in [1.54, 1.807) is 38.1 Å². The van der Waals surface area contributed by atoms with Crippen LogP contribution in [0.1, 0.15) is 99.3 Å². The Labute approximate surface area is 343 Å². The number of carboxylic acids is 3. The smallest absolute Gasteiger partial charge is 0.339 e. The summed E-state index contributed by atoms with van der Waals surface area (Å²) in [7, 11) is 0. The Bertz CT molecular complexity index is 1910. The van der Waals surface area contributed by atoms with Gasteiger partial charge in [0.15, 0.2) is 29.2 Å². The molecule has 5 aromatic rings. The normalized spacial score (nSPS) is 10.4. The van der Waals surface area contributed by atoms with Crippen molar-refractivity contribution in [2.45, 2.75) is 81.7 Å². The highest BCUT2D eigenvalue weighted by molar-refractivity contribution is 6.00. The van der Waals surface area contributed by atoms with Gasteiger partial charge in [0.05, 0.1) is 5.69 Å². The number of carboxylic acid groups (broad SMARTS) is 3. The van der Waals surface area contributed by atoms with Crippen LogP contribution in [0.3, 0.4) is 0 Å². The molecule has 0 saturated heterocycles. The van der Waals surface area contributed by atoms with E-state index in [4.69, 9.17) is 63.4 Å². The molecule has 0 aliphatic carbocycles. The second-order valence-corrected chi connectivity index (χ2v) is 10.9. The molecule has 2 heterocycles. The molecule has 0 amide bonds. The molecular weight excluding hydrogens is 774 g/mol. The highest BCUT2D eigenvalue weighted by Crippen LogP contribution is 2.24. The first kappa shape index (κ1) is 53.4.